The summed E-state index contributed by atoms with van der Waals surface area (Å²) in [6.45, 7) is 6.23. The van der Waals surface area contributed by atoms with E-state index in [9.17, 15) is 8.60 Å². The number of alkyl halides is 1. The molecule has 0 bridgehead atoms. The molecule has 1 unspecified atom stereocenters. The van der Waals surface area contributed by atoms with Crippen LogP contribution < -0.4 is 5.32 Å². The summed E-state index contributed by atoms with van der Waals surface area (Å²) in [5.74, 6) is 0.665. The molecule has 7 nitrogen and oxygen atoms in total. The molecule has 0 aliphatic rings. The molecule has 0 saturated carbocycles. The van der Waals surface area contributed by atoms with Crippen molar-refractivity contribution in [2.24, 2.45) is 0 Å². The van der Waals surface area contributed by atoms with Crippen molar-refractivity contribution in [3.05, 3.63) is 66.0 Å². The van der Waals surface area contributed by atoms with Gasteiger partial charge >= 0.3 is 0 Å². The van der Waals surface area contributed by atoms with Gasteiger partial charge in [0.25, 0.3) is 5.89 Å². The zero-order valence-corrected chi connectivity index (χ0v) is 20.1. The van der Waals surface area contributed by atoms with Gasteiger partial charge in [-0.05, 0) is 36.8 Å². The second kappa shape index (κ2) is 10.8. The van der Waals surface area contributed by atoms with Crippen molar-refractivity contribution in [2.45, 2.75) is 37.5 Å². The van der Waals surface area contributed by atoms with Crippen LogP contribution in [0, 0.1) is 6.92 Å². The van der Waals surface area contributed by atoms with E-state index in [1.807, 2.05) is 69.3 Å². The molecule has 9 heteroatoms. The van der Waals surface area contributed by atoms with Crippen LogP contribution in [0.5, 0.6) is 0 Å². The van der Waals surface area contributed by atoms with E-state index in [1.165, 1.54) is 0 Å². The van der Waals surface area contributed by atoms with Crippen molar-refractivity contribution in [3.63, 3.8) is 0 Å². The van der Waals surface area contributed by atoms with Gasteiger partial charge in [-0.25, -0.2) is 9.37 Å². The molecule has 0 amide bonds. The third-order valence-corrected chi connectivity index (χ3v) is 6.79. The van der Waals surface area contributed by atoms with Gasteiger partial charge in [-0.2, -0.15) is 0 Å². The van der Waals surface area contributed by atoms with Crippen LogP contribution in [0.4, 0.5) is 4.39 Å². The Bertz CT molecular complexity index is 1270. The van der Waals surface area contributed by atoms with Crippen molar-refractivity contribution >= 4 is 10.8 Å². The molecule has 34 heavy (non-hydrogen) atoms. The lowest BCUT2D eigenvalue weighted by atomic mass is 10.1. The molecule has 0 fully saturated rings. The maximum absolute atomic E-state index is 12.3. The molecule has 1 N–H and O–H groups in total. The van der Waals surface area contributed by atoms with E-state index in [1.54, 1.807) is 6.20 Å². The second-order valence-corrected chi connectivity index (χ2v) is 10.0. The lowest BCUT2D eigenvalue weighted by molar-refractivity contribution is 0.467. The summed E-state index contributed by atoms with van der Waals surface area (Å²) in [6.07, 6.45) is 1.69. The van der Waals surface area contributed by atoms with Crippen LogP contribution >= 0.6 is 0 Å². The summed E-state index contributed by atoms with van der Waals surface area (Å²) in [7, 11) is -1.04. The maximum atomic E-state index is 12.3. The molecule has 176 valence electrons. The van der Waals surface area contributed by atoms with Gasteiger partial charge in [-0.1, -0.05) is 38.1 Å². The van der Waals surface area contributed by atoms with Crippen LogP contribution in [0.15, 0.2) is 64.0 Å². The van der Waals surface area contributed by atoms with Gasteiger partial charge in [0, 0.05) is 34.4 Å². The molecular formula is C25H26FN5O2S. The van der Waals surface area contributed by atoms with Crippen LogP contribution in [0.3, 0.4) is 0 Å². The number of nitrogens with one attached hydrogen (secondary N) is 1. The van der Waals surface area contributed by atoms with E-state index in [4.69, 9.17) is 9.40 Å². The van der Waals surface area contributed by atoms with Gasteiger partial charge in [0.2, 0.25) is 5.89 Å². The van der Waals surface area contributed by atoms with Crippen molar-refractivity contribution in [3.8, 4) is 34.3 Å². The maximum Gasteiger partial charge on any atom is 0.268 e. The molecule has 0 aliphatic heterocycles. The average Bonchev–Trinajstić information content (AvgIpc) is 3.34. The van der Waals surface area contributed by atoms with Gasteiger partial charge in [0.05, 0.1) is 28.4 Å². The Hall–Kier alpha value is -3.30. The van der Waals surface area contributed by atoms with Crippen LogP contribution in [0.2, 0.25) is 0 Å². The van der Waals surface area contributed by atoms with Crippen LogP contribution in [0.25, 0.3) is 34.3 Å². The zero-order chi connectivity index (χ0) is 24.1. The van der Waals surface area contributed by atoms with Crippen molar-refractivity contribution in [1.29, 1.82) is 0 Å². The highest BCUT2D eigenvalue weighted by Crippen LogP contribution is 2.27. The van der Waals surface area contributed by atoms with E-state index in [0.717, 1.165) is 21.6 Å². The number of rotatable bonds is 9. The predicted octanol–water partition coefficient (Wildman–Crippen LogP) is 4.74. The van der Waals surface area contributed by atoms with Gasteiger partial charge in [0.1, 0.15) is 12.4 Å². The van der Waals surface area contributed by atoms with Crippen LogP contribution in [-0.4, -0.2) is 42.8 Å². The molecular weight excluding hydrogens is 453 g/mol. The van der Waals surface area contributed by atoms with Gasteiger partial charge < -0.3 is 9.73 Å². The number of benzene rings is 2. The smallest absolute Gasteiger partial charge is 0.268 e. The fraction of sp³-hybridized carbons (Fsp3) is 0.280. The number of aromatic nitrogens is 4. The lowest BCUT2D eigenvalue weighted by Crippen LogP contribution is -2.15. The summed E-state index contributed by atoms with van der Waals surface area (Å²) in [6, 6.07) is 15.1. The first kappa shape index (κ1) is 23.8. The summed E-state index contributed by atoms with van der Waals surface area (Å²) in [5.41, 5.74) is 4.52. The summed E-state index contributed by atoms with van der Waals surface area (Å²) in [5, 5.41) is 11.4. The standard InChI is InChI=1S/C25H26FN5O2S/c1-16(2)34(32)21-10-8-19(9-11-21)22-15-28-17(3)23(29-22)25-31-30-24(33-25)20-6-4-18(5-7-20)14-27-13-12-26/h4-11,15-16,27H,12-14H2,1-3H3. The number of hydrogen-bond acceptors (Lipinski definition) is 7. The highest BCUT2D eigenvalue weighted by Gasteiger charge is 2.16. The molecule has 2 heterocycles. The van der Waals surface area contributed by atoms with E-state index >= 15 is 0 Å². The van der Waals surface area contributed by atoms with E-state index in [2.05, 4.69) is 20.5 Å². The Balaban J connectivity index is 1.55. The molecule has 2 aromatic carbocycles. The van der Waals surface area contributed by atoms with Crippen LogP contribution in [0.1, 0.15) is 25.1 Å². The molecule has 2 aromatic heterocycles. The summed E-state index contributed by atoms with van der Waals surface area (Å²) < 4.78 is 30.5. The molecule has 0 spiro atoms. The first-order valence-corrected chi connectivity index (χ1v) is 12.2. The van der Waals surface area contributed by atoms with Crippen LogP contribution in [-0.2, 0) is 17.3 Å². The Morgan fingerprint density at radius 3 is 2.35 bits per heavy atom. The molecule has 0 radical (unpaired) electrons. The minimum atomic E-state index is -1.04. The molecule has 4 aromatic rings. The Morgan fingerprint density at radius 1 is 1.00 bits per heavy atom. The minimum Gasteiger partial charge on any atom is -0.415 e. The third-order valence-electron chi connectivity index (χ3n) is 5.19. The Morgan fingerprint density at radius 2 is 1.68 bits per heavy atom. The SMILES string of the molecule is Cc1ncc(-c2ccc(S(=O)C(C)C)cc2)nc1-c1nnc(-c2ccc(CNCCF)cc2)o1. The Labute approximate surface area is 200 Å². The average molecular weight is 480 g/mol. The second-order valence-electron chi connectivity index (χ2n) is 8.03. The van der Waals surface area contributed by atoms with E-state index in [-0.39, 0.29) is 11.1 Å². The third kappa shape index (κ3) is 5.43. The molecule has 1 atom stereocenters. The van der Waals surface area contributed by atoms with E-state index < -0.39 is 17.5 Å². The first-order chi connectivity index (χ1) is 16.5. The van der Waals surface area contributed by atoms with Crippen molar-refractivity contribution in [1.82, 2.24) is 25.5 Å². The number of hydrogen-bond donors (Lipinski definition) is 1. The first-order valence-electron chi connectivity index (χ1n) is 11.0. The van der Waals surface area contributed by atoms with Crippen molar-refractivity contribution < 1.29 is 13.0 Å². The fourth-order valence-electron chi connectivity index (χ4n) is 3.32. The molecule has 0 saturated heterocycles. The van der Waals surface area contributed by atoms with Crippen molar-refractivity contribution in [2.75, 3.05) is 13.2 Å². The largest absolute Gasteiger partial charge is 0.415 e. The number of aryl methyl sites for hydroxylation is 1. The van der Waals surface area contributed by atoms with Gasteiger partial charge in [-0.15, -0.1) is 10.2 Å². The number of nitrogens with zero attached hydrogens (tertiary/aromatic N) is 4. The monoisotopic (exact) mass is 479 g/mol. The zero-order valence-electron chi connectivity index (χ0n) is 19.3. The van der Waals surface area contributed by atoms with E-state index in [0.29, 0.717) is 36.1 Å². The predicted molar refractivity (Wildman–Crippen MR) is 130 cm³/mol. The topological polar surface area (TPSA) is 93.8 Å². The van der Waals surface area contributed by atoms with Gasteiger partial charge in [-0.3, -0.25) is 9.19 Å². The minimum absolute atomic E-state index is 0.0533. The fourth-order valence-corrected chi connectivity index (χ4v) is 4.27. The normalized spacial score (nSPS) is 12.3. The molecule has 4 rings (SSSR count). The van der Waals surface area contributed by atoms with Gasteiger partial charge in [0.15, 0.2) is 0 Å². The summed E-state index contributed by atoms with van der Waals surface area (Å²) in [4.78, 5) is 9.96. The Kier molecular flexibility index (Phi) is 7.54. The quantitative estimate of drug-likeness (QED) is 0.346. The lowest BCUT2D eigenvalue weighted by Gasteiger charge is -2.08. The highest BCUT2D eigenvalue weighted by atomic mass is 32.2. The number of halogens is 1. The molecule has 0 aliphatic carbocycles. The highest BCUT2D eigenvalue weighted by molar-refractivity contribution is 7.85. The summed E-state index contributed by atoms with van der Waals surface area (Å²) >= 11 is 0.